The molecule has 4 aromatic rings. The summed E-state index contributed by atoms with van der Waals surface area (Å²) in [6.07, 6.45) is 5.13. The van der Waals surface area contributed by atoms with Crippen LogP contribution >= 0.6 is 11.6 Å². The Hall–Kier alpha value is -3.38. The van der Waals surface area contributed by atoms with Crippen molar-refractivity contribution in [1.29, 1.82) is 0 Å². The Bertz CT molecular complexity index is 1680. The predicted octanol–water partition coefficient (Wildman–Crippen LogP) is 5.51. The molecule has 9 nitrogen and oxygen atoms in total. The molecule has 13 heteroatoms. The van der Waals surface area contributed by atoms with Gasteiger partial charge in [0, 0.05) is 18.9 Å². The van der Waals surface area contributed by atoms with Crippen LogP contribution in [0.3, 0.4) is 0 Å². The average molecular weight is 604 g/mol. The molecule has 0 saturated carbocycles. The summed E-state index contributed by atoms with van der Waals surface area (Å²) in [7, 11) is -3.17. The summed E-state index contributed by atoms with van der Waals surface area (Å²) >= 11 is 5.95. The SMILES string of the molecule is CC[C@H](C)c1cc(-c2c(F)ccc(Cl)c2F)nnc1[C@](C)(c1ccnc(-n2cnc(CCS(C)(=O)=O)n2)n1)C(C)C. The van der Waals surface area contributed by atoms with E-state index in [4.69, 9.17) is 16.6 Å². The van der Waals surface area contributed by atoms with Gasteiger partial charge < -0.3 is 0 Å². The second-order valence-corrected chi connectivity index (χ2v) is 13.3. The molecule has 0 bridgehead atoms. The molecule has 0 N–H and O–H groups in total. The molecule has 0 radical (unpaired) electrons. The predicted molar refractivity (Wildman–Crippen MR) is 153 cm³/mol. The van der Waals surface area contributed by atoms with Crippen molar-refractivity contribution in [2.24, 2.45) is 5.92 Å². The average Bonchev–Trinajstić information content (AvgIpc) is 3.42. The van der Waals surface area contributed by atoms with E-state index in [1.165, 1.54) is 17.1 Å². The first-order valence-corrected chi connectivity index (χ1v) is 15.6. The van der Waals surface area contributed by atoms with Crippen LogP contribution in [0.1, 0.15) is 69.7 Å². The van der Waals surface area contributed by atoms with E-state index in [1.807, 2.05) is 34.6 Å². The minimum atomic E-state index is -3.17. The zero-order chi connectivity index (χ0) is 30.1. The summed E-state index contributed by atoms with van der Waals surface area (Å²) in [5, 5.41) is 13.0. The summed E-state index contributed by atoms with van der Waals surface area (Å²) < 4.78 is 54.1. The molecule has 0 fully saturated rings. The van der Waals surface area contributed by atoms with Gasteiger partial charge in [-0.15, -0.1) is 10.2 Å². The number of sulfone groups is 1. The number of hydrogen-bond donors (Lipinski definition) is 0. The van der Waals surface area contributed by atoms with Crippen molar-refractivity contribution in [2.75, 3.05) is 12.0 Å². The highest BCUT2D eigenvalue weighted by Crippen LogP contribution is 2.42. The van der Waals surface area contributed by atoms with Crippen LogP contribution in [-0.4, -0.2) is 55.4 Å². The normalized spacial score (nSPS) is 14.3. The maximum absolute atomic E-state index is 14.9. The topological polar surface area (TPSA) is 116 Å². The van der Waals surface area contributed by atoms with Gasteiger partial charge in [0.2, 0.25) is 0 Å². The van der Waals surface area contributed by atoms with Crippen LogP contribution in [0.5, 0.6) is 0 Å². The first-order chi connectivity index (χ1) is 19.3. The van der Waals surface area contributed by atoms with E-state index < -0.39 is 26.9 Å². The molecule has 3 aromatic heterocycles. The number of halogens is 3. The Morgan fingerprint density at radius 2 is 1.83 bits per heavy atom. The number of nitrogens with zero attached hydrogens (tertiary/aromatic N) is 7. The van der Waals surface area contributed by atoms with Crippen molar-refractivity contribution in [1.82, 2.24) is 34.9 Å². The van der Waals surface area contributed by atoms with Gasteiger partial charge in [0.05, 0.1) is 38.8 Å². The second kappa shape index (κ2) is 11.8. The fourth-order valence-corrected chi connectivity index (χ4v) is 5.22. The molecule has 0 aliphatic rings. The fraction of sp³-hybridized carbons (Fsp3) is 0.429. The lowest BCUT2D eigenvalue weighted by Crippen LogP contribution is -2.35. The summed E-state index contributed by atoms with van der Waals surface area (Å²) in [5.74, 6) is -1.17. The third kappa shape index (κ3) is 6.28. The summed E-state index contributed by atoms with van der Waals surface area (Å²) in [4.78, 5) is 13.4. The minimum absolute atomic E-state index is 0.0170. The third-order valence-electron chi connectivity index (χ3n) is 7.53. The lowest BCUT2D eigenvalue weighted by Gasteiger charge is -2.35. The molecule has 41 heavy (non-hydrogen) atoms. The van der Waals surface area contributed by atoms with Crippen molar-refractivity contribution in [2.45, 2.75) is 58.8 Å². The molecule has 0 spiro atoms. The molecule has 0 aliphatic carbocycles. The fourth-order valence-electron chi connectivity index (χ4n) is 4.51. The van der Waals surface area contributed by atoms with Gasteiger partial charge in [0.15, 0.2) is 11.6 Å². The molecular formula is C28H32ClF2N7O2S. The maximum atomic E-state index is 14.9. The molecule has 0 saturated heterocycles. The molecule has 0 amide bonds. The minimum Gasteiger partial charge on any atom is -0.229 e. The highest BCUT2D eigenvalue weighted by Gasteiger charge is 2.39. The molecule has 4 rings (SSSR count). The van der Waals surface area contributed by atoms with Crippen LogP contribution < -0.4 is 0 Å². The highest BCUT2D eigenvalue weighted by atomic mass is 35.5. The first-order valence-electron chi connectivity index (χ1n) is 13.2. The number of benzene rings is 1. The van der Waals surface area contributed by atoms with Crippen molar-refractivity contribution in [3.63, 3.8) is 0 Å². The van der Waals surface area contributed by atoms with E-state index in [0.717, 1.165) is 24.3 Å². The van der Waals surface area contributed by atoms with Crippen LogP contribution in [0.2, 0.25) is 5.02 Å². The number of aryl methyl sites for hydroxylation is 1. The van der Waals surface area contributed by atoms with E-state index in [-0.39, 0.29) is 46.2 Å². The van der Waals surface area contributed by atoms with E-state index in [0.29, 0.717) is 17.2 Å². The zero-order valence-electron chi connectivity index (χ0n) is 23.7. The third-order valence-corrected chi connectivity index (χ3v) is 8.77. The molecule has 0 aliphatic heterocycles. The smallest absolute Gasteiger partial charge is 0.229 e. The van der Waals surface area contributed by atoms with Crippen LogP contribution in [0, 0.1) is 17.6 Å². The van der Waals surface area contributed by atoms with Crippen LogP contribution in [-0.2, 0) is 21.7 Å². The van der Waals surface area contributed by atoms with Gasteiger partial charge in [-0.25, -0.2) is 32.2 Å². The molecular weight excluding hydrogens is 572 g/mol. The Kier molecular flexibility index (Phi) is 8.84. The zero-order valence-corrected chi connectivity index (χ0v) is 25.3. The van der Waals surface area contributed by atoms with Gasteiger partial charge in [-0.3, -0.25) is 0 Å². The van der Waals surface area contributed by atoms with Gasteiger partial charge in [0.1, 0.15) is 22.0 Å². The van der Waals surface area contributed by atoms with E-state index >= 15 is 0 Å². The molecule has 3 heterocycles. The van der Waals surface area contributed by atoms with Crippen LogP contribution in [0.25, 0.3) is 17.2 Å². The number of rotatable bonds is 10. The van der Waals surface area contributed by atoms with Crippen molar-refractivity contribution < 1.29 is 17.2 Å². The molecule has 218 valence electrons. The summed E-state index contributed by atoms with van der Waals surface area (Å²) in [5.41, 5.74) is 1.00. The quantitative estimate of drug-likeness (QED) is 0.218. The van der Waals surface area contributed by atoms with Gasteiger partial charge in [-0.1, -0.05) is 39.3 Å². The van der Waals surface area contributed by atoms with Gasteiger partial charge >= 0.3 is 0 Å². The Balaban J connectivity index is 1.83. The Labute approximate surface area is 243 Å². The van der Waals surface area contributed by atoms with Gasteiger partial charge in [-0.2, -0.15) is 9.78 Å². The standard InChI is InChI=1S/C28H32ClF2N7O2S/c1-7-17(4)18-14-21(24-20(30)9-8-19(29)25(24)31)35-36-26(18)28(5,16(2)3)22-10-12-32-27(34-22)38-15-33-23(37-38)11-13-41(6,39)40/h8-10,12,14-17H,7,11,13H2,1-6H3/t17-,28-/m0/s1. The molecule has 0 unspecified atom stereocenters. The highest BCUT2D eigenvalue weighted by molar-refractivity contribution is 7.90. The monoisotopic (exact) mass is 603 g/mol. The van der Waals surface area contributed by atoms with E-state index in [2.05, 4.69) is 25.3 Å². The lowest BCUT2D eigenvalue weighted by atomic mass is 9.70. The summed E-state index contributed by atoms with van der Waals surface area (Å²) in [6.45, 7) is 10.1. The van der Waals surface area contributed by atoms with Crippen LogP contribution in [0.15, 0.2) is 36.8 Å². The van der Waals surface area contributed by atoms with Crippen molar-refractivity contribution in [3.8, 4) is 17.2 Å². The first kappa shape index (κ1) is 30.6. The largest absolute Gasteiger partial charge is 0.252 e. The second-order valence-electron chi connectivity index (χ2n) is 10.6. The van der Waals surface area contributed by atoms with E-state index in [1.54, 1.807) is 18.3 Å². The lowest BCUT2D eigenvalue weighted by molar-refractivity contribution is 0.375. The Morgan fingerprint density at radius 3 is 2.49 bits per heavy atom. The summed E-state index contributed by atoms with van der Waals surface area (Å²) in [6, 6.07) is 5.75. The maximum Gasteiger partial charge on any atom is 0.252 e. The van der Waals surface area contributed by atoms with Gasteiger partial charge in [0.25, 0.3) is 5.95 Å². The van der Waals surface area contributed by atoms with Crippen LogP contribution in [0.4, 0.5) is 8.78 Å². The van der Waals surface area contributed by atoms with Crippen molar-refractivity contribution in [3.05, 3.63) is 76.2 Å². The number of aromatic nitrogens is 7. The molecule has 1 aromatic carbocycles. The Morgan fingerprint density at radius 1 is 1.10 bits per heavy atom. The molecule has 2 atom stereocenters. The number of hydrogen-bond acceptors (Lipinski definition) is 8. The van der Waals surface area contributed by atoms with E-state index in [9.17, 15) is 17.2 Å². The van der Waals surface area contributed by atoms with Crippen molar-refractivity contribution >= 4 is 21.4 Å². The van der Waals surface area contributed by atoms with Gasteiger partial charge in [-0.05, 0) is 55.0 Å².